The molecule has 0 fully saturated rings. The fourth-order valence-corrected chi connectivity index (χ4v) is 4.15. The number of aliphatic imine (C=N–C) groups is 1. The second-order valence-electron chi connectivity index (χ2n) is 9.47. The fourth-order valence-electron chi connectivity index (χ4n) is 3.33. The third-order valence-corrected chi connectivity index (χ3v) is 6.22. The number of hydrogen-bond donors (Lipinski definition) is 1. The molecule has 0 aliphatic carbocycles. The highest BCUT2D eigenvalue weighted by Crippen LogP contribution is 2.28. The van der Waals surface area contributed by atoms with Gasteiger partial charge in [0, 0.05) is 42.1 Å². The van der Waals surface area contributed by atoms with Crippen LogP contribution in [0.2, 0.25) is 0 Å². The predicted octanol–water partition coefficient (Wildman–Crippen LogP) is 6.16. The first kappa shape index (κ1) is 24.6. The third kappa shape index (κ3) is 6.75. The number of hydrogen-bond acceptors (Lipinski definition) is 4. The molecule has 0 unspecified atom stereocenters. The summed E-state index contributed by atoms with van der Waals surface area (Å²) in [5.74, 6) is -0.0621. The molecule has 2 aromatic carbocycles. The number of carbonyl (C=O) groups is 1. The highest BCUT2D eigenvalue weighted by Gasteiger charge is 2.15. The Balaban J connectivity index is 1.73. The molecule has 174 valence electrons. The van der Waals surface area contributed by atoms with Crippen LogP contribution in [0.25, 0.3) is 11.3 Å². The Hall–Kier alpha value is -2.99. The smallest absolute Gasteiger partial charge is 0.251 e. The van der Waals surface area contributed by atoms with Crippen LogP contribution in [0.15, 0.2) is 46.8 Å². The maximum Gasteiger partial charge on any atom is 0.251 e. The van der Waals surface area contributed by atoms with Crippen molar-refractivity contribution >= 4 is 29.3 Å². The molecule has 0 bridgehead atoms. The predicted molar refractivity (Wildman–Crippen MR) is 140 cm³/mol. The van der Waals surface area contributed by atoms with Gasteiger partial charge in [-0.05, 0) is 76.4 Å². The molecule has 1 amide bonds. The molecule has 0 atom stereocenters. The van der Waals surface area contributed by atoms with Crippen molar-refractivity contribution in [1.29, 1.82) is 0 Å². The Labute approximate surface area is 201 Å². The lowest BCUT2D eigenvalue weighted by molar-refractivity contribution is 0.0919. The van der Waals surface area contributed by atoms with Crippen molar-refractivity contribution < 1.29 is 4.79 Å². The van der Waals surface area contributed by atoms with Gasteiger partial charge in [-0.2, -0.15) is 0 Å². The molecule has 0 saturated carbocycles. The van der Waals surface area contributed by atoms with Crippen LogP contribution in [-0.4, -0.2) is 41.3 Å². The van der Waals surface area contributed by atoms with Crippen molar-refractivity contribution in [2.45, 2.75) is 53.5 Å². The van der Waals surface area contributed by atoms with E-state index in [1.165, 1.54) is 11.1 Å². The van der Waals surface area contributed by atoms with Gasteiger partial charge in [0.25, 0.3) is 5.91 Å². The normalized spacial score (nSPS) is 11.7. The van der Waals surface area contributed by atoms with E-state index in [2.05, 4.69) is 53.5 Å². The van der Waals surface area contributed by atoms with E-state index >= 15 is 0 Å². The Bertz CT molecular complexity index is 1140. The maximum absolute atomic E-state index is 12.4. The van der Waals surface area contributed by atoms with E-state index in [9.17, 15) is 4.79 Å². The van der Waals surface area contributed by atoms with Crippen LogP contribution in [0.1, 0.15) is 59.8 Å². The summed E-state index contributed by atoms with van der Waals surface area (Å²) in [6.45, 7) is 13.2. The molecule has 1 aromatic heterocycles. The summed E-state index contributed by atoms with van der Waals surface area (Å²) in [7, 11) is 2.02. The van der Waals surface area contributed by atoms with Gasteiger partial charge in [0.1, 0.15) is 0 Å². The first-order valence-electron chi connectivity index (χ1n) is 11.3. The van der Waals surface area contributed by atoms with Crippen LogP contribution in [0.5, 0.6) is 0 Å². The molecule has 5 nitrogen and oxygen atoms in total. The molecule has 0 aliphatic heterocycles. The van der Waals surface area contributed by atoms with Gasteiger partial charge in [-0.1, -0.05) is 18.2 Å². The number of aromatic nitrogens is 1. The number of thiazole rings is 1. The molecular formula is C27H34N4OS. The molecule has 1 N–H and O–H groups in total. The van der Waals surface area contributed by atoms with E-state index < -0.39 is 0 Å². The van der Waals surface area contributed by atoms with Crippen LogP contribution in [0.3, 0.4) is 0 Å². The zero-order valence-electron chi connectivity index (χ0n) is 20.7. The summed E-state index contributed by atoms with van der Waals surface area (Å²) >= 11 is 1.67. The zero-order chi connectivity index (χ0) is 24.2. The van der Waals surface area contributed by atoms with Gasteiger partial charge >= 0.3 is 0 Å². The van der Waals surface area contributed by atoms with Crippen LogP contribution < -0.4 is 5.32 Å². The summed E-state index contributed by atoms with van der Waals surface area (Å²) in [6, 6.07) is 12.0. The highest BCUT2D eigenvalue weighted by molar-refractivity contribution is 7.10. The van der Waals surface area contributed by atoms with Crippen LogP contribution in [0, 0.1) is 13.8 Å². The first-order chi connectivity index (χ1) is 15.6. The summed E-state index contributed by atoms with van der Waals surface area (Å²) in [5.41, 5.74) is 7.01. The molecule has 0 aliphatic rings. The highest BCUT2D eigenvalue weighted by atomic mass is 32.1. The zero-order valence-corrected chi connectivity index (χ0v) is 21.5. The van der Waals surface area contributed by atoms with Gasteiger partial charge in [0.05, 0.1) is 22.7 Å². The largest absolute Gasteiger partial charge is 0.366 e. The lowest BCUT2D eigenvalue weighted by atomic mass is 10.0. The van der Waals surface area contributed by atoms with Crippen molar-refractivity contribution in [3.8, 4) is 11.3 Å². The lowest BCUT2D eigenvalue weighted by Gasteiger charge is -2.20. The van der Waals surface area contributed by atoms with Crippen LogP contribution >= 0.6 is 11.3 Å². The van der Waals surface area contributed by atoms with Gasteiger partial charge in [0.15, 0.2) is 0 Å². The Kier molecular flexibility index (Phi) is 7.69. The van der Waals surface area contributed by atoms with Gasteiger partial charge in [-0.25, -0.2) is 9.98 Å². The molecule has 3 rings (SSSR count). The number of rotatable bonds is 7. The number of amides is 1. The molecular weight excluding hydrogens is 428 g/mol. The summed E-state index contributed by atoms with van der Waals surface area (Å²) in [6.07, 6.45) is 2.68. The molecule has 0 spiro atoms. The van der Waals surface area contributed by atoms with Gasteiger partial charge in [-0.3, -0.25) is 4.79 Å². The second kappa shape index (κ2) is 10.3. The van der Waals surface area contributed by atoms with Gasteiger partial charge in [0.2, 0.25) is 0 Å². The van der Waals surface area contributed by atoms with E-state index in [1.807, 2.05) is 58.4 Å². The lowest BCUT2D eigenvalue weighted by Crippen LogP contribution is -2.40. The topological polar surface area (TPSA) is 57.6 Å². The van der Waals surface area contributed by atoms with Crippen molar-refractivity contribution in [1.82, 2.24) is 15.2 Å². The van der Waals surface area contributed by atoms with Crippen LogP contribution in [0.4, 0.5) is 5.69 Å². The number of benzene rings is 2. The van der Waals surface area contributed by atoms with Crippen molar-refractivity contribution in [3.05, 3.63) is 69.0 Å². The van der Waals surface area contributed by atoms with Crippen LogP contribution in [-0.2, 0) is 6.42 Å². The SMILES string of the molecule is CCN(C)C=Nc1cc(C)c(Cc2nc(-c3ccc(C(=O)NC(C)(C)C)cc3)cs2)cc1C. The van der Waals surface area contributed by atoms with E-state index in [-0.39, 0.29) is 11.4 Å². The van der Waals surface area contributed by atoms with E-state index in [1.54, 1.807) is 11.3 Å². The molecule has 0 saturated heterocycles. The standard InChI is InChI=1S/C27H34N4OS/c1-8-31(7)17-28-23-14-18(2)22(13-19(23)3)15-25-29-24(16-33-25)20-9-11-21(12-10-20)26(32)30-27(4,5)6/h9-14,16-17H,8,15H2,1-7H3,(H,30,32). The Morgan fingerprint density at radius 1 is 1.15 bits per heavy atom. The number of nitrogens with zero attached hydrogens (tertiary/aromatic N) is 3. The summed E-state index contributed by atoms with van der Waals surface area (Å²) in [5, 5.41) is 6.15. The summed E-state index contributed by atoms with van der Waals surface area (Å²) < 4.78 is 0. The minimum absolute atomic E-state index is 0.0621. The third-order valence-electron chi connectivity index (χ3n) is 5.37. The average Bonchev–Trinajstić information content (AvgIpc) is 3.22. The van der Waals surface area contributed by atoms with Crippen molar-refractivity contribution in [2.75, 3.05) is 13.6 Å². The van der Waals surface area contributed by atoms with E-state index in [4.69, 9.17) is 4.98 Å². The molecule has 3 aromatic rings. The van der Waals surface area contributed by atoms with Crippen molar-refractivity contribution in [3.63, 3.8) is 0 Å². The monoisotopic (exact) mass is 462 g/mol. The minimum Gasteiger partial charge on any atom is -0.366 e. The Morgan fingerprint density at radius 3 is 2.48 bits per heavy atom. The first-order valence-corrected chi connectivity index (χ1v) is 12.2. The molecule has 0 radical (unpaired) electrons. The number of aryl methyl sites for hydroxylation is 2. The number of carbonyl (C=O) groups excluding carboxylic acids is 1. The van der Waals surface area contributed by atoms with E-state index in [0.29, 0.717) is 5.56 Å². The molecule has 1 heterocycles. The fraction of sp³-hybridized carbons (Fsp3) is 0.370. The van der Waals surface area contributed by atoms with Crippen molar-refractivity contribution in [2.24, 2.45) is 4.99 Å². The quantitative estimate of drug-likeness (QED) is 0.338. The van der Waals surface area contributed by atoms with Gasteiger partial charge < -0.3 is 10.2 Å². The molecule has 6 heteroatoms. The maximum atomic E-state index is 12.4. The molecule has 33 heavy (non-hydrogen) atoms. The Morgan fingerprint density at radius 2 is 1.85 bits per heavy atom. The number of nitrogens with one attached hydrogen (secondary N) is 1. The second-order valence-corrected chi connectivity index (χ2v) is 10.4. The summed E-state index contributed by atoms with van der Waals surface area (Å²) in [4.78, 5) is 23.9. The minimum atomic E-state index is -0.257. The van der Waals surface area contributed by atoms with E-state index in [0.717, 1.165) is 40.5 Å². The van der Waals surface area contributed by atoms with Gasteiger partial charge in [-0.15, -0.1) is 11.3 Å². The average molecular weight is 463 g/mol.